The Morgan fingerprint density at radius 2 is 2.24 bits per heavy atom. The third-order valence-corrected chi connectivity index (χ3v) is 3.63. The molecule has 0 saturated carbocycles. The summed E-state index contributed by atoms with van der Waals surface area (Å²) >= 11 is 6.03. The number of carbonyl (C=O) groups excluding carboxylic acids is 1. The molecule has 0 spiro atoms. The molecule has 1 aliphatic heterocycles. The third kappa shape index (κ3) is 2.99. The Labute approximate surface area is 107 Å². The van der Waals surface area contributed by atoms with Gasteiger partial charge in [0.25, 0.3) is 0 Å². The highest BCUT2D eigenvalue weighted by atomic mass is 35.5. The lowest BCUT2D eigenvalue weighted by atomic mass is 9.97. The van der Waals surface area contributed by atoms with Crippen molar-refractivity contribution in [2.45, 2.75) is 13.5 Å². The van der Waals surface area contributed by atoms with Crippen molar-refractivity contribution in [1.82, 2.24) is 10.6 Å². The number of carbonyl (C=O) groups is 1. The molecule has 2 N–H and O–H groups in total. The van der Waals surface area contributed by atoms with Gasteiger partial charge in [-0.1, -0.05) is 36.7 Å². The summed E-state index contributed by atoms with van der Waals surface area (Å²) in [5.41, 5.74) is 0.959. The Morgan fingerprint density at radius 1 is 1.47 bits per heavy atom. The van der Waals surface area contributed by atoms with Gasteiger partial charge in [0.2, 0.25) is 5.91 Å². The van der Waals surface area contributed by atoms with Gasteiger partial charge in [0.15, 0.2) is 0 Å². The van der Waals surface area contributed by atoms with Crippen LogP contribution < -0.4 is 10.6 Å². The maximum atomic E-state index is 11.9. The second-order valence-corrected chi connectivity index (χ2v) is 4.96. The topological polar surface area (TPSA) is 41.1 Å². The van der Waals surface area contributed by atoms with Gasteiger partial charge in [0.1, 0.15) is 0 Å². The van der Waals surface area contributed by atoms with E-state index in [9.17, 15) is 4.79 Å². The molecule has 1 saturated heterocycles. The second kappa shape index (κ2) is 5.52. The van der Waals surface area contributed by atoms with E-state index in [0.29, 0.717) is 17.5 Å². The van der Waals surface area contributed by atoms with Gasteiger partial charge in [0.05, 0.1) is 5.92 Å². The normalized spacial score (nSPS) is 23.6. The molecule has 0 aliphatic carbocycles. The maximum Gasteiger partial charge on any atom is 0.224 e. The van der Waals surface area contributed by atoms with Crippen LogP contribution >= 0.6 is 11.6 Å². The van der Waals surface area contributed by atoms with E-state index >= 15 is 0 Å². The van der Waals surface area contributed by atoms with Crippen LogP contribution in [-0.4, -0.2) is 19.0 Å². The summed E-state index contributed by atoms with van der Waals surface area (Å²) in [4.78, 5) is 11.9. The Balaban J connectivity index is 1.90. The molecule has 1 fully saturated rings. The van der Waals surface area contributed by atoms with E-state index in [0.717, 1.165) is 18.7 Å². The van der Waals surface area contributed by atoms with Gasteiger partial charge in [0, 0.05) is 18.1 Å². The van der Waals surface area contributed by atoms with E-state index in [1.54, 1.807) is 0 Å². The molecule has 0 radical (unpaired) electrons. The third-order valence-electron chi connectivity index (χ3n) is 3.27. The first-order valence-corrected chi connectivity index (χ1v) is 6.28. The Morgan fingerprint density at radius 3 is 2.88 bits per heavy atom. The number of amides is 1. The fourth-order valence-corrected chi connectivity index (χ4v) is 2.32. The van der Waals surface area contributed by atoms with Crippen LogP contribution in [0.4, 0.5) is 0 Å². The maximum absolute atomic E-state index is 11.9. The lowest BCUT2D eigenvalue weighted by molar-refractivity contribution is -0.125. The Hall–Kier alpha value is -1.06. The molecule has 3 nitrogen and oxygen atoms in total. The Kier molecular flexibility index (Phi) is 4.02. The fraction of sp³-hybridized carbons (Fsp3) is 0.462. The molecule has 1 aromatic carbocycles. The van der Waals surface area contributed by atoms with Crippen molar-refractivity contribution >= 4 is 17.5 Å². The van der Waals surface area contributed by atoms with Gasteiger partial charge < -0.3 is 10.6 Å². The lowest BCUT2D eigenvalue weighted by Crippen LogP contribution is -2.33. The number of nitrogens with one attached hydrogen (secondary N) is 2. The molecule has 0 unspecified atom stereocenters. The smallest absolute Gasteiger partial charge is 0.224 e. The van der Waals surface area contributed by atoms with Crippen LogP contribution in [-0.2, 0) is 11.3 Å². The van der Waals surface area contributed by atoms with Crippen molar-refractivity contribution in [2.75, 3.05) is 13.1 Å². The van der Waals surface area contributed by atoms with Gasteiger partial charge in [-0.2, -0.15) is 0 Å². The predicted molar refractivity (Wildman–Crippen MR) is 68.8 cm³/mol. The first kappa shape index (κ1) is 12.4. The van der Waals surface area contributed by atoms with Gasteiger partial charge in [-0.05, 0) is 24.1 Å². The van der Waals surface area contributed by atoms with Crippen molar-refractivity contribution in [3.05, 3.63) is 34.9 Å². The number of halogens is 1. The molecule has 1 amide bonds. The van der Waals surface area contributed by atoms with Crippen LogP contribution in [0.15, 0.2) is 24.3 Å². The summed E-state index contributed by atoms with van der Waals surface area (Å²) in [6.45, 7) is 4.29. The highest BCUT2D eigenvalue weighted by molar-refractivity contribution is 6.31. The summed E-state index contributed by atoms with van der Waals surface area (Å²) in [5.74, 6) is 0.598. The molecule has 92 valence electrons. The van der Waals surface area contributed by atoms with E-state index in [1.165, 1.54) is 0 Å². The lowest BCUT2D eigenvalue weighted by Gasteiger charge is -2.14. The molecule has 0 bridgehead atoms. The highest BCUT2D eigenvalue weighted by Crippen LogP contribution is 2.17. The average molecular weight is 253 g/mol. The highest BCUT2D eigenvalue weighted by Gasteiger charge is 2.29. The first-order chi connectivity index (χ1) is 8.18. The minimum atomic E-state index is 0.0810. The molecule has 2 atom stereocenters. The monoisotopic (exact) mass is 252 g/mol. The first-order valence-electron chi connectivity index (χ1n) is 5.90. The average Bonchev–Trinajstić information content (AvgIpc) is 2.74. The SMILES string of the molecule is C[C@@H]1CNC[C@H]1C(=O)NCc1ccccc1Cl. The minimum Gasteiger partial charge on any atom is -0.352 e. The molecule has 1 aliphatic rings. The van der Waals surface area contributed by atoms with E-state index in [1.807, 2.05) is 24.3 Å². The zero-order valence-corrected chi connectivity index (χ0v) is 10.6. The van der Waals surface area contributed by atoms with Crippen LogP contribution in [0.2, 0.25) is 5.02 Å². The number of benzene rings is 1. The Bertz CT molecular complexity index is 408. The van der Waals surface area contributed by atoms with Gasteiger partial charge in [-0.15, -0.1) is 0 Å². The summed E-state index contributed by atoms with van der Waals surface area (Å²) < 4.78 is 0. The van der Waals surface area contributed by atoms with Gasteiger partial charge >= 0.3 is 0 Å². The van der Waals surface area contributed by atoms with Gasteiger partial charge in [-0.25, -0.2) is 0 Å². The van der Waals surface area contributed by atoms with Crippen LogP contribution in [0, 0.1) is 11.8 Å². The molecule has 4 heteroatoms. The number of hydrogen-bond donors (Lipinski definition) is 2. The molecule has 0 aromatic heterocycles. The van der Waals surface area contributed by atoms with Crippen LogP contribution in [0.25, 0.3) is 0 Å². The summed E-state index contributed by atoms with van der Waals surface area (Å²) in [6.07, 6.45) is 0. The zero-order valence-electron chi connectivity index (χ0n) is 9.87. The molecule has 2 rings (SSSR count). The number of hydrogen-bond acceptors (Lipinski definition) is 2. The molecule has 17 heavy (non-hydrogen) atoms. The number of rotatable bonds is 3. The largest absolute Gasteiger partial charge is 0.352 e. The second-order valence-electron chi connectivity index (χ2n) is 4.55. The van der Waals surface area contributed by atoms with Crippen molar-refractivity contribution in [2.24, 2.45) is 11.8 Å². The van der Waals surface area contributed by atoms with Crippen molar-refractivity contribution in [3.63, 3.8) is 0 Å². The van der Waals surface area contributed by atoms with Crippen LogP contribution in [0.5, 0.6) is 0 Å². The standard InChI is InChI=1S/C13H17ClN2O/c1-9-6-15-8-11(9)13(17)16-7-10-4-2-3-5-12(10)14/h2-5,9,11,15H,6-8H2,1H3,(H,16,17)/t9-,11-/m1/s1. The molecular formula is C13H17ClN2O. The summed E-state index contributed by atoms with van der Waals surface area (Å²) in [5, 5.41) is 6.87. The van der Waals surface area contributed by atoms with Crippen molar-refractivity contribution in [1.29, 1.82) is 0 Å². The van der Waals surface area contributed by atoms with E-state index in [2.05, 4.69) is 17.6 Å². The molecule has 1 heterocycles. The molecular weight excluding hydrogens is 236 g/mol. The van der Waals surface area contributed by atoms with Crippen molar-refractivity contribution in [3.8, 4) is 0 Å². The quantitative estimate of drug-likeness (QED) is 0.862. The predicted octanol–water partition coefficient (Wildman–Crippen LogP) is 1.81. The zero-order chi connectivity index (χ0) is 12.3. The molecule has 1 aromatic rings. The van der Waals surface area contributed by atoms with E-state index < -0.39 is 0 Å². The van der Waals surface area contributed by atoms with Crippen LogP contribution in [0.3, 0.4) is 0 Å². The van der Waals surface area contributed by atoms with E-state index in [4.69, 9.17) is 11.6 Å². The van der Waals surface area contributed by atoms with Crippen molar-refractivity contribution < 1.29 is 4.79 Å². The fourth-order valence-electron chi connectivity index (χ4n) is 2.12. The minimum absolute atomic E-state index is 0.0810. The van der Waals surface area contributed by atoms with E-state index in [-0.39, 0.29) is 11.8 Å². The van der Waals surface area contributed by atoms with Gasteiger partial charge in [-0.3, -0.25) is 4.79 Å². The summed E-state index contributed by atoms with van der Waals surface area (Å²) in [7, 11) is 0. The summed E-state index contributed by atoms with van der Waals surface area (Å²) in [6, 6.07) is 7.57. The van der Waals surface area contributed by atoms with Crippen LogP contribution in [0.1, 0.15) is 12.5 Å².